The van der Waals surface area contributed by atoms with E-state index in [9.17, 15) is 0 Å². The monoisotopic (exact) mass is 725 g/mol. The molecule has 0 atom stereocenters. The maximum absolute atomic E-state index is 5.49. The molecule has 1 aromatic heterocycles. The number of benzene rings is 7. The van der Waals surface area contributed by atoms with E-state index in [1.54, 1.807) is 0 Å². The molecule has 8 aromatic rings. The van der Waals surface area contributed by atoms with Gasteiger partial charge in [0.05, 0.1) is 0 Å². The van der Waals surface area contributed by atoms with E-state index >= 15 is 0 Å². The standard InChI is InChI=1S/C49H39N3Si2/c1-53(2)41-30-16-24-35(32-18-8-5-9-19-32)43(41)37-26-14-28-39(45(37)53)48-50-47(34-22-12-7-13-23-34)51-49(52-48)40-29-15-27-38-44-36(33-20-10-6-11-21-33)25-17-31-42(44)54(3,4)46(38)40/h5-31H,1-4H3. The molecule has 54 heavy (non-hydrogen) atoms. The van der Waals surface area contributed by atoms with E-state index in [0.717, 1.165) is 28.3 Å². The lowest BCUT2D eigenvalue weighted by Gasteiger charge is -2.23. The van der Waals surface area contributed by atoms with Crippen molar-refractivity contribution in [1.82, 2.24) is 15.0 Å². The van der Waals surface area contributed by atoms with Gasteiger partial charge < -0.3 is 0 Å². The summed E-state index contributed by atoms with van der Waals surface area (Å²) in [5.41, 5.74) is 13.6. The van der Waals surface area contributed by atoms with Crippen LogP contribution in [0.25, 0.3) is 78.7 Å². The molecule has 258 valence electrons. The molecule has 0 saturated carbocycles. The number of hydrogen-bond acceptors (Lipinski definition) is 3. The second-order valence-corrected chi connectivity index (χ2v) is 24.1. The summed E-state index contributed by atoms with van der Waals surface area (Å²) in [6, 6.07) is 59.2. The average molecular weight is 726 g/mol. The molecule has 2 aliphatic heterocycles. The summed E-state index contributed by atoms with van der Waals surface area (Å²) in [4.78, 5) is 16.1. The molecule has 3 heterocycles. The molecule has 0 N–H and O–H groups in total. The van der Waals surface area contributed by atoms with Crippen molar-refractivity contribution in [2.75, 3.05) is 0 Å². The van der Waals surface area contributed by atoms with Crippen LogP contribution >= 0.6 is 0 Å². The quantitative estimate of drug-likeness (QED) is 0.166. The molecular formula is C49H39N3Si2. The van der Waals surface area contributed by atoms with Crippen LogP contribution in [0.2, 0.25) is 26.2 Å². The van der Waals surface area contributed by atoms with Crippen molar-refractivity contribution in [3.05, 3.63) is 164 Å². The van der Waals surface area contributed by atoms with Crippen molar-refractivity contribution in [3.8, 4) is 78.7 Å². The summed E-state index contributed by atoms with van der Waals surface area (Å²) >= 11 is 0. The van der Waals surface area contributed by atoms with Crippen LogP contribution < -0.4 is 20.7 Å². The number of fused-ring (bicyclic) bond motifs is 6. The molecule has 2 aliphatic rings. The fourth-order valence-electron chi connectivity index (χ4n) is 9.29. The van der Waals surface area contributed by atoms with Crippen molar-refractivity contribution in [2.45, 2.75) is 26.2 Å². The van der Waals surface area contributed by atoms with Gasteiger partial charge in [0.15, 0.2) is 17.5 Å². The van der Waals surface area contributed by atoms with E-state index in [1.165, 1.54) is 65.3 Å². The fraction of sp³-hybridized carbons (Fsp3) is 0.0816. The van der Waals surface area contributed by atoms with Crippen LogP contribution in [0.1, 0.15) is 0 Å². The summed E-state index contributed by atoms with van der Waals surface area (Å²) < 4.78 is 0. The summed E-state index contributed by atoms with van der Waals surface area (Å²) in [7, 11) is -4.36. The first kappa shape index (κ1) is 32.6. The van der Waals surface area contributed by atoms with E-state index in [4.69, 9.17) is 15.0 Å². The zero-order valence-electron chi connectivity index (χ0n) is 30.9. The Hall–Kier alpha value is -6.02. The number of nitrogens with zero attached hydrogens (tertiary/aromatic N) is 3. The minimum absolute atomic E-state index is 0.700. The maximum Gasteiger partial charge on any atom is 0.164 e. The lowest BCUT2D eigenvalue weighted by molar-refractivity contribution is 1.08. The van der Waals surface area contributed by atoms with Gasteiger partial charge in [0.25, 0.3) is 0 Å². The third-order valence-corrected chi connectivity index (χ3v) is 18.8. The first-order chi connectivity index (χ1) is 26.3. The van der Waals surface area contributed by atoms with Gasteiger partial charge in [-0.05, 0) is 65.3 Å². The van der Waals surface area contributed by atoms with Crippen molar-refractivity contribution in [3.63, 3.8) is 0 Å². The van der Waals surface area contributed by atoms with Gasteiger partial charge in [0.1, 0.15) is 16.1 Å². The van der Waals surface area contributed by atoms with Gasteiger partial charge in [-0.15, -0.1) is 0 Å². The van der Waals surface area contributed by atoms with Gasteiger partial charge in [0.2, 0.25) is 0 Å². The molecular weight excluding hydrogens is 687 g/mol. The second kappa shape index (κ2) is 12.3. The minimum atomic E-state index is -2.18. The third-order valence-electron chi connectivity index (χ3n) is 11.7. The molecule has 3 nitrogen and oxygen atoms in total. The largest absolute Gasteiger partial charge is 0.208 e. The van der Waals surface area contributed by atoms with Gasteiger partial charge in [-0.25, -0.2) is 15.0 Å². The van der Waals surface area contributed by atoms with Crippen molar-refractivity contribution in [1.29, 1.82) is 0 Å². The molecule has 0 fully saturated rings. The van der Waals surface area contributed by atoms with Crippen LogP contribution in [0.15, 0.2) is 164 Å². The minimum Gasteiger partial charge on any atom is -0.208 e. The maximum atomic E-state index is 5.49. The highest BCUT2D eigenvalue weighted by Crippen LogP contribution is 2.41. The van der Waals surface area contributed by atoms with E-state index in [-0.39, 0.29) is 0 Å². The van der Waals surface area contributed by atoms with Gasteiger partial charge in [-0.2, -0.15) is 0 Å². The average Bonchev–Trinajstić information content (AvgIpc) is 3.61. The Morgan fingerprint density at radius 1 is 0.296 bits per heavy atom. The van der Waals surface area contributed by atoms with Gasteiger partial charge in [-0.3, -0.25) is 0 Å². The molecule has 0 radical (unpaired) electrons. The van der Waals surface area contributed by atoms with Crippen LogP contribution in [0.4, 0.5) is 0 Å². The molecule has 0 unspecified atom stereocenters. The zero-order valence-corrected chi connectivity index (χ0v) is 32.9. The summed E-state index contributed by atoms with van der Waals surface area (Å²) in [5.74, 6) is 2.18. The summed E-state index contributed by atoms with van der Waals surface area (Å²) in [6.45, 7) is 9.93. The molecule has 10 rings (SSSR count). The van der Waals surface area contributed by atoms with Crippen molar-refractivity contribution >= 4 is 36.9 Å². The topological polar surface area (TPSA) is 38.7 Å². The van der Waals surface area contributed by atoms with Gasteiger partial charge in [0, 0.05) is 16.7 Å². The first-order valence-corrected chi connectivity index (χ1v) is 24.8. The smallest absolute Gasteiger partial charge is 0.164 e. The van der Waals surface area contributed by atoms with Crippen molar-refractivity contribution < 1.29 is 0 Å². The molecule has 0 saturated heterocycles. The van der Waals surface area contributed by atoms with Crippen LogP contribution in [-0.2, 0) is 0 Å². The fourth-order valence-corrected chi connectivity index (χ4v) is 16.1. The molecule has 0 bridgehead atoms. The van der Waals surface area contributed by atoms with Crippen LogP contribution in [0.5, 0.6) is 0 Å². The Balaban J connectivity index is 1.21. The SMILES string of the molecule is C[Si]1(C)c2cccc(-c3ccccc3)c2-c2cccc(-c3nc(-c4ccccc4)nc(-c4cccc5c4[Si](C)(C)c4cccc(-c6ccccc6)c4-5)n3)c21. The second-order valence-electron chi connectivity index (χ2n) is 15.6. The van der Waals surface area contributed by atoms with Crippen LogP contribution in [0, 0.1) is 0 Å². The normalized spacial score (nSPS) is 14.2. The van der Waals surface area contributed by atoms with E-state index < -0.39 is 16.1 Å². The molecule has 0 spiro atoms. The Bertz CT molecular complexity index is 2590. The first-order valence-electron chi connectivity index (χ1n) is 18.8. The summed E-state index contributed by atoms with van der Waals surface area (Å²) in [6.07, 6.45) is 0. The van der Waals surface area contributed by atoms with E-state index in [1.807, 2.05) is 6.07 Å². The van der Waals surface area contributed by atoms with Gasteiger partial charge in [-0.1, -0.05) is 190 Å². The Labute approximate surface area is 319 Å². The highest BCUT2D eigenvalue weighted by molar-refractivity contribution is 7.05. The Kier molecular flexibility index (Phi) is 7.41. The number of aromatic nitrogens is 3. The predicted octanol–water partition coefficient (Wildman–Crippen LogP) is 9.81. The predicted molar refractivity (Wildman–Crippen MR) is 231 cm³/mol. The third kappa shape index (κ3) is 4.89. The van der Waals surface area contributed by atoms with E-state index in [2.05, 4.69) is 184 Å². The molecule has 0 amide bonds. The lowest BCUT2D eigenvalue weighted by atomic mass is 9.93. The highest BCUT2D eigenvalue weighted by atomic mass is 28.3. The van der Waals surface area contributed by atoms with E-state index in [0.29, 0.717) is 5.82 Å². The molecule has 7 aromatic carbocycles. The Morgan fingerprint density at radius 2 is 0.630 bits per heavy atom. The highest BCUT2D eigenvalue weighted by Gasteiger charge is 2.43. The van der Waals surface area contributed by atoms with Crippen LogP contribution in [-0.4, -0.2) is 31.1 Å². The number of hydrogen-bond donors (Lipinski definition) is 0. The van der Waals surface area contributed by atoms with Gasteiger partial charge >= 0.3 is 0 Å². The lowest BCUT2D eigenvalue weighted by Crippen LogP contribution is -2.50. The zero-order chi connectivity index (χ0) is 36.6. The Morgan fingerprint density at radius 3 is 1.06 bits per heavy atom. The van der Waals surface area contributed by atoms with Crippen molar-refractivity contribution in [2.24, 2.45) is 0 Å². The molecule has 0 aliphatic carbocycles. The summed E-state index contributed by atoms with van der Waals surface area (Å²) in [5, 5.41) is 5.72. The number of rotatable bonds is 5. The molecule has 5 heteroatoms. The van der Waals surface area contributed by atoms with Crippen LogP contribution in [0.3, 0.4) is 0 Å².